The summed E-state index contributed by atoms with van der Waals surface area (Å²) in [6, 6.07) is 11.3. The van der Waals surface area contributed by atoms with Gasteiger partial charge < -0.3 is 10.4 Å². The van der Waals surface area contributed by atoms with Gasteiger partial charge in [0.1, 0.15) is 0 Å². The highest BCUT2D eigenvalue weighted by molar-refractivity contribution is 7.08. The van der Waals surface area contributed by atoms with Crippen molar-refractivity contribution in [1.82, 2.24) is 4.98 Å². The number of nitrogens with zero attached hydrogens (tertiary/aromatic N) is 1. The molecule has 0 saturated heterocycles. The lowest BCUT2D eigenvalue weighted by molar-refractivity contribution is 0.0691. The van der Waals surface area contributed by atoms with Crippen LogP contribution in [0.4, 0.5) is 5.69 Å². The summed E-state index contributed by atoms with van der Waals surface area (Å²) in [7, 11) is 0. The molecule has 5 heteroatoms. The molecule has 3 aromatic rings. The summed E-state index contributed by atoms with van der Waals surface area (Å²) in [5.74, 6) is -1.02. The average Bonchev–Trinajstić information content (AvgIpc) is 3.01. The lowest BCUT2D eigenvalue weighted by Gasteiger charge is -2.16. The summed E-state index contributed by atoms with van der Waals surface area (Å²) in [5.41, 5.74) is 2.70. The van der Waals surface area contributed by atoms with Crippen molar-refractivity contribution in [3.05, 3.63) is 58.4 Å². The normalized spacial score (nSPS) is 12.2. The molecule has 0 aliphatic carbocycles. The summed E-state index contributed by atoms with van der Waals surface area (Å²) in [6.45, 7) is 2.05. The third-order valence-electron chi connectivity index (χ3n) is 3.35. The van der Waals surface area contributed by atoms with E-state index < -0.39 is 5.97 Å². The minimum atomic E-state index is -1.02. The van der Waals surface area contributed by atoms with E-state index in [9.17, 15) is 9.90 Å². The maximum atomic E-state index is 11.2. The molecule has 0 spiro atoms. The fraction of sp³-hybridized carbons (Fsp3) is 0.125. The molecule has 0 fully saturated rings. The van der Waals surface area contributed by atoms with Gasteiger partial charge in [0.05, 0.1) is 5.52 Å². The Morgan fingerprint density at radius 1 is 1.33 bits per heavy atom. The van der Waals surface area contributed by atoms with E-state index in [0.29, 0.717) is 5.52 Å². The molecular formula is C16H14N2O2S. The van der Waals surface area contributed by atoms with E-state index in [1.54, 1.807) is 17.4 Å². The number of pyridine rings is 1. The Morgan fingerprint density at radius 3 is 2.86 bits per heavy atom. The molecule has 106 valence electrons. The number of anilines is 1. The second-order valence-electron chi connectivity index (χ2n) is 4.80. The van der Waals surface area contributed by atoms with Gasteiger partial charge in [0.2, 0.25) is 0 Å². The second kappa shape index (κ2) is 5.54. The van der Waals surface area contributed by atoms with Crippen LogP contribution in [0.25, 0.3) is 10.9 Å². The monoisotopic (exact) mass is 298 g/mol. The zero-order chi connectivity index (χ0) is 14.8. The summed E-state index contributed by atoms with van der Waals surface area (Å²) in [4.78, 5) is 15.4. The number of rotatable bonds is 4. The van der Waals surface area contributed by atoms with E-state index in [1.807, 2.05) is 29.6 Å². The molecule has 1 atom stereocenters. The van der Waals surface area contributed by atoms with Crippen molar-refractivity contribution in [1.29, 1.82) is 0 Å². The minimum absolute atomic E-state index is 0.0497. The maximum Gasteiger partial charge on any atom is 0.354 e. The number of aromatic carboxylic acids is 1. The third kappa shape index (κ3) is 2.73. The third-order valence-corrected chi connectivity index (χ3v) is 4.05. The van der Waals surface area contributed by atoms with Gasteiger partial charge in [-0.1, -0.05) is 18.2 Å². The highest BCUT2D eigenvalue weighted by Crippen LogP contribution is 2.27. The van der Waals surface area contributed by atoms with Gasteiger partial charge in [-0.05, 0) is 41.4 Å². The number of aromatic nitrogens is 1. The van der Waals surface area contributed by atoms with E-state index in [4.69, 9.17) is 0 Å². The first-order chi connectivity index (χ1) is 10.1. The van der Waals surface area contributed by atoms with Crippen LogP contribution in [0.5, 0.6) is 0 Å². The highest BCUT2D eigenvalue weighted by atomic mass is 32.1. The van der Waals surface area contributed by atoms with Crippen LogP contribution >= 0.6 is 11.3 Å². The summed E-state index contributed by atoms with van der Waals surface area (Å²) in [6.07, 6.45) is 0. The Kier molecular flexibility index (Phi) is 3.58. The van der Waals surface area contributed by atoms with Gasteiger partial charge >= 0.3 is 5.97 Å². The van der Waals surface area contributed by atoms with E-state index in [-0.39, 0.29) is 11.7 Å². The number of carboxylic acids is 1. The number of carboxylic acid groups (broad SMARTS) is 1. The Balaban J connectivity index is 2.05. The van der Waals surface area contributed by atoms with Crippen molar-refractivity contribution < 1.29 is 9.90 Å². The maximum absolute atomic E-state index is 11.2. The van der Waals surface area contributed by atoms with Crippen LogP contribution in [0.3, 0.4) is 0 Å². The van der Waals surface area contributed by atoms with Crippen LogP contribution < -0.4 is 5.32 Å². The molecule has 3 rings (SSSR count). The van der Waals surface area contributed by atoms with Crippen LogP contribution in [-0.4, -0.2) is 16.1 Å². The number of thiophene rings is 1. The number of carbonyl (C=O) groups is 1. The predicted molar refractivity (Wildman–Crippen MR) is 85.1 cm³/mol. The summed E-state index contributed by atoms with van der Waals surface area (Å²) in [5, 5.41) is 17.6. The number of benzene rings is 1. The van der Waals surface area contributed by atoms with E-state index in [1.165, 1.54) is 5.56 Å². The Labute approximate surface area is 126 Å². The Hall–Kier alpha value is -2.40. The van der Waals surface area contributed by atoms with E-state index >= 15 is 0 Å². The zero-order valence-corrected chi connectivity index (χ0v) is 12.2. The van der Waals surface area contributed by atoms with E-state index in [0.717, 1.165) is 11.1 Å². The molecule has 0 radical (unpaired) electrons. The van der Waals surface area contributed by atoms with Gasteiger partial charge in [-0.2, -0.15) is 11.3 Å². The average molecular weight is 298 g/mol. The van der Waals surface area contributed by atoms with Crippen LogP contribution in [0.2, 0.25) is 0 Å². The lowest BCUT2D eigenvalue weighted by Crippen LogP contribution is -2.08. The second-order valence-corrected chi connectivity index (χ2v) is 5.58. The molecule has 4 nitrogen and oxygen atoms in total. The van der Waals surface area contributed by atoms with Gasteiger partial charge in [0.15, 0.2) is 5.69 Å². The smallest absolute Gasteiger partial charge is 0.354 e. The molecule has 2 heterocycles. The molecule has 0 bridgehead atoms. The lowest BCUT2D eigenvalue weighted by atomic mass is 10.1. The highest BCUT2D eigenvalue weighted by Gasteiger charge is 2.13. The molecule has 1 unspecified atom stereocenters. The molecule has 0 aliphatic rings. The SMILES string of the molecule is CC(Nc1cc(C(=O)O)nc2ccccc12)c1ccsc1. The predicted octanol–water partition coefficient (Wildman–Crippen LogP) is 4.17. The van der Waals surface area contributed by atoms with Crippen molar-refractivity contribution in [2.24, 2.45) is 0 Å². The fourth-order valence-electron chi connectivity index (χ4n) is 2.24. The van der Waals surface area contributed by atoms with E-state index in [2.05, 4.69) is 28.7 Å². The first kappa shape index (κ1) is 13.6. The molecule has 21 heavy (non-hydrogen) atoms. The van der Waals surface area contributed by atoms with Gasteiger partial charge in [-0.3, -0.25) is 0 Å². The molecular weight excluding hydrogens is 284 g/mol. The van der Waals surface area contributed by atoms with Gasteiger partial charge in [-0.25, -0.2) is 9.78 Å². The zero-order valence-electron chi connectivity index (χ0n) is 11.4. The fourth-order valence-corrected chi connectivity index (χ4v) is 3.00. The van der Waals surface area contributed by atoms with Crippen LogP contribution in [0.1, 0.15) is 29.0 Å². The molecule has 2 N–H and O–H groups in total. The first-order valence-electron chi connectivity index (χ1n) is 6.57. The van der Waals surface area contributed by atoms with Crippen LogP contribution in [-0.2, 0) is 0 Å². The van der Waals surface area contributed by atoms with Crippen LogP contribution in [0.15, 0.2) is 47.2 Å². The summed E-state index contributed by atoms with van der Waals surface area (Å²) >= 11 is 1.64. The Morgan fingerprint density at radius 2 is 2.14 bits per heavy atom. The minimum Gasteiger partial charge on any atom is -0.477 e. The van der Waals surface area contributed by atoms with Crippen molar-refractivity contribution >= 4 is 33.9 Å². The number of hydrogen-bond acceptors (Lipinski definition) is 4. The number of para-hydroxylation sites is 1. The van der Waals surface area contributed by atoms with Gasteiger partial charge in [0, 0.05) is 17.1 Å². The number of hydrogen-bond donors (Lipinski definition) is 2. The van der Waals surface area contributed by atoms with Crippen molar-refractivity contribution in [2.75, 3.05) is 5.32 Å². The van der Waals surface area contributed by atoms with Crippen molar-refractivity contribution in [3.8, 4) is 0 Å². The largest absolute Gasteiger partial charge is 0.477 e. The topological polar surface area (TPSA) is 62.2 Å². The van der Waals surface area contributed by atoms with Gasteiger partial charge in [0.25, 0.3) is 0 Å². The molecule has 0 amide bonds. The van der Waals surface area contributed by atoms with Crippen molar-refractivity contribution in [3.63, 3.8) is 0 Å². The molecule has 2 aromatic heterocycles. The number of nitrogens with one attached hydrogen (secondary N) is 1. The van der Waals surface area contributed by atoms with Crippen molar-refractivity contribution in [2.45, 2.75) is 13.0 Å². The quantitative estimate of drug-likeness (QED) is 0.759. The molecule has 0 aliphatic heterocycles. The number of fused-ring (bicyclic) bond motifs is 1. The summed E-state index contributed by atoms with van der Waals surface area (Å²) < 4.78 is 0. The first-order valence-corrected chi connectivity index (χ1v) is 7.51. The Bertz CT molecular complexity index is 784. The van der Waals surface area contributed by atoms with Gasteiger partial charge in [-0.15, -0.1) is 0 Å². The standard InChI is InChI=1S/C16H14N2O2S/c1-10(11-6-7-21-9-11)17-14-8-15(16(19)20)18-13-5-3-2-4-12(13)14/h2-10H,1H3,(H,17,18)(H,19,20). The molecule has 0 saturated carbocycles. The molecule has 1 aromatic carbocycles. The van der Waals surface area contributed by atoms with Crippen LogP contribution in [0, 0.1) is 0 Å².